The van der Waals surface area contributed by atoms with Gasteiger partial charge in [0, 0.05) is 12.5 Å². The van der Waals surface area contributed by atoms with Gasteiger partial charge in [0.2, 0.25) is 0 Å². The lowest BCUT2D eigenvalue weighted by atomic mass is 9.72. The van der Waals surface area contributed by atoms with Crippen molar-refractivity contribution in [2.45, 2.75) is 44.6 Å². The minimum Gasteiger partial charge on any atom is -0.494 e. The summed E-state index contributed by atoms with van der Waals surface area (Å²) in [7, 11) is 0. The predicted molar refractivity (Wildman–Crippen MR) is 131 cm³/mol. The number of aliphatic hydroxyl groups is 1. The maximum Gasteiger partial charge on any atom is 0.123 e. The third kappa shape index (κ3) is 4.90. The first-order valence-electron chi connectivity index (χ1n) is 11.9. The number of rotatable bonds is 8. The number of hydrogen-bond donors (Lipinski definition) is 1. The quantitative estimate of drug-likeness (QED) is 0.484. The molecule has 0 bridgehead atoms. The SMILES string of the molecule is CCOc1ccc([C@@](O)(c2cccc(C)c2)[C@@H](CN2CCCCC2)c2ccccc2)cc1. The average Bonchev–Trinajstić information content (AvgIpc) is 2.84. The lowest BCUT2D eigenvalue weighted by Gasteiger charge is -2.41. The number of nitrogens with zero attached hydrogens (tertiary/aromatic N) is 1. The van der Waals surface area contributed by atoms with E-state index >= 15 is 0 Å². The Labute approximate surface area is 192 Å². The van der Waals surface area contributed by atoms with Gasteiger partial charge in [-0.3, -0.25) is 0 Å². The first-order chi connectivity index (χ1) is 15.6. The molecule has 4 rings (SSSR count). The molecule has 0 spiro atoms. The molecule has 1 aliphatic heterocycles. The van der Waals surface area contributed by atoms with Crippen LogP contribution in [-0.2, 0) is 5.60 Å². The smallest absolute Gasteiger partial charge is 0.123 e. The van der Waals surface area contributed by atoms with E-state index in [0.29, 0.717) is 6.61 Å². The van der Waals surface area contributed by atoms with E-state index < -0.39 is 5.60 Å². The van der Waals surface area contributed by atoms with E-state index in [1.807, 2.05) is 43.3 Å². The van der Waals surface area contributed by atoms with Gasteiger partial charge < -0.3 is 14.7 Å². The highest BCUT2D eigenvalue weighted by Gasteiger charge is 2.42. The first kappa shape index (κ1) is 22.6. The van der Waals surface area contributed by atoms with Gasteiger partial charge in [-0.2, -0.15) is 0 Å². The molecule has 0 unspecified atom stereocenters. The Kier molecular flexibility index (Phi) is 7.29. The maximum atomic E-state index is 12.7. The summed E-state index contributed by atoms with van der Waals surface area (Å²) in [5, 5.41) is 12.7. The monoisotopic (exact) mass is 429 g/mol. The van der Waals surface area contributed by atoms with Crippen molar-refractivity contribution >= 4 is 0 Å². The molecule has 0 aliphatic carbocycles. The second-order valence-electron chi connectivity index (χ2n) is 8.92. The van der Waals surface area contributed by atoms with Gasteiger partial charge in [0.05, 0.1) is 6.61 Å². The zero-order valence-electron chi connectivity index (χ0n) is 19.3. The molecule has 3 heteroatoms. The van der Waals surface area contributed by atoms with E-state index in [4.69, 9.17) is 4.74 Å². The molecule has 3 aromatic carbocycles. The van der Waals surface area contributed by atoms with Crippen LogP contribution in [0.5, 0.6) is 5.75 Å². The molecule has 1 aliphatic rings. The fraction of sp³-hybridized carbons (Fsp3) is 0.379. The van der Waals surface area contributed by atoms with Crippen LogP contribution in [0.25, 0.3) is 0 Å². The molecule has 32 heavy (non-hydrogen) atoms. The molecule has 2 atom stereocenters. The lowest BCUT2D eigenvalue weighted by Crippen LogP contribution is -2.43. The van der Waals surface area contributed by atoms with E-state index in [1.165, 1.54) is 19.3 Å². The Hall–Kier alpha value is -2.62. The molecular formula is C29H35NO2. The van der Waals surface area contributed by atoms with Crippen LogP contribution in [0, 0.1) is 6.92 Å². The standard InChI is InChI=1S/C29H35NO2/c1-3-32-27-17-15-25(16-18-27)29(31,26-14-10-11-23(2)21-26)28(24-12-6-4-7-13-24)22-30-19-8-5-9-20-30/h4,6-7,10-18,21,28,31H,3,5,8-9,19-20,22H2,1-2H3/t28-,29+/m0/s1. The highest BCUT2D eigenvalue weighted by Crippen LogP contribution is 2.44. The third-order valence-corrected chi connectivity index (χ3v) is 6.66. The zero-order valence-corrected chi connectivity index (χ0v) is 19.3. The van der Waals surface area contributed by atoms with Crippen molar-refractivity contribution in [2.24, 2.45) is 0 Å². The summed E-state index contributed by atoms with van der Waals surface area (Å²) in [5.74, 6) is 0.733. The molecule has 3 nitrogen and oxygen atoms in total. The molecule has 0 aromatic heterocycles. The molecular weight excluding hydrogens is 394 g/mol. The predicted octanol–water partition coefficient (Wildman–Crippen LogP) is 5.90. The molecule has 168 valence electrons. The van der Waals surface area contributed by atoms with Crippen LogP contribution in [0.15, 0.2) is 78.9 Å². The summed E-state index contributed by atoms with van der Waals surface area (Å²) < 4.78 is 5.68. The minimum atomic E-state index is -1.16. The summed E-state index contributed by atoms with van der Waals surface area (Å²) >= 11 is 0. The lowest BCUT2D eigenvalue weighted by molar-refractivity contribution is 0.0309. The van der Waals surface area contributed by atoms with Crippen molar-refractivity contribution in [1.29, 1.82) is 0 Å². The van der Waals surface area contributed by atoms with E-state index in [9.17, 15) is 5.11 Å². The second kappa shape index (κ2) is 10.3. The van der Waals surface area contributed by atoms with Crippen molar-refractivity contribution in [1.82, 2.24) is 4.90 Å². The molecule has 0 radical (unpaired) electrons. The summed E-state index contributed by atoms with van der Waals surface area (Å²) in [6, 6.07) is 26.8. The molecule has 1 saturated heterocycles. The van der Waals surface area contributed by atoms with Crippen LogP contribution in [0.3, 0.4) is 0 Å². The number of ether oxygens (including phenoxy) is 1. The van der Waals surface area contributed by atoms with Gasteiger partial charge in [0.15, 0.2) is 0 Å². The molecule has 1 fully saturated rings. The van der Waals surface area contributed by atoms with Gasteiger partial charge in [-0.15, -0.1) is 0 Å². The Morgan fingerprint density at radius 2 is 1.59 bits per heavy atom. The van der Waals surface area contributed by atoms with Crippen molar-refractivity contribution < 1.29 is 9.84 Å². The zero-order chi connectivity index (χ0) is 22.4. The van der Waals surface area contributed by atoms with Crippen molar-refractivity contribution in [3.8, 4) is 5.75 Å². The van der Waals surface area contributed by atoms with Gasteiger partial charge in [-0.1, -0.05) is 78.7 Å². The van der Waals surface area contributed by atoms with Gasteiger partial charge in [-0.05, 0) is 68.6 Å². The maximum absolute atomic E-state index is 12.7. The number of likely N-dealkylation sites (tertiary alicyclic amines) is 1. The van der Waals surface area contributed by atoms with Crippen LogP contribution in [0.1, 0.15) is 54.4 Å². The fourth-order valence-electron chi connectivity index (χ4n) is 4.99. The highest BCUT2D eigenvalue weighted by molar-refractivity contribution is 5.44. The van der Waals surface area contributed by atoms with Crippen molar-refractivity contribution in [3.63, 3.8) is 0 Å². The van der Waals surface area contributed by atoms with Crippen molar-refractivity contribution in [2.75, 3.05) is 26.2 Å². The normalized spacial score (nSPS) is 17.5. The fourth-order valence-corrected chi connectivity index (χ4v) is 4.99. The summed E-state index contributed by atoms with van der Waals surface area (Å²) in [6.45, 7) is 7.71. The van der Waals surface area contributed by atoms with E-state index in [2.05, 4.69) is 54.3 Å². The Balaban J connectivity index is 1.84. The molecule has 0 amide bonds. The van der Waals surface area contributed by atoms with E-state index in [0.717, 1.165) is 47.6 Å². The average molecular weight is 430 g/mol. The summed E-state index contributed by atoms with van der Waals surface area (Å²) in [4.78, 5) is 2.52. The van der Waals surface area contributed by atoms with Crippen LogP contribution in [0.2, 0.25) is 0 Å². The van der Waals surface area contributed by atoms with Gasteiger partial charge in [-0.25, -0.2) is 0 Å². The topological polar surface area (TPSA) is 32.7 Å². The van der Waals surface area contributed by atoms with Gasteiger partial charge in [0.25, 0.3) is 0 Å². The molecule has 0 saturated carbocycles. The first-order valence-corrected chi connectivity index (χ1v) is 11.9. The second-order valence-corrected chi connectivity index (χ2v) is 8.92. The molecule has 3 aromatic rings. The minimum absolute atomic E-state index is 0.0958. The van der Waals surface area contributed by atoms with Gasteiger partial charge >= 0.3 is 0 Å². The number of aryl methyl sites for hydroxylation is 1. The van der Waals surface area contributed by atoms with Crippen LogP contribution in [0.4, 0.5) is 0 Å². The highest BCUT2D eigenvalue weighted by atomic mass is 16.5. The Morgan fingerprint density at radius 3 is 2.25 bits per heavy atom. The number of benzene rings is 3. The molecule has 1 N–H and O–H groups in total. The Bertz CT molecular complexity index is 980. The third-order valence-electron chi connectivity index (χ3n) is 6.66. The van der Waals surface area contributed by atoms with E-state index in [-0.39, 0.29) is 5.92 Å². The van der Waals surface area contributed by atoms with Crippen molar-refractivity contribution in [3.05, 3.63) is 101 Å². The number of piperidine rings is 1. The Morgan fingerprint density at radius 1 is 0.875 bits per heavy atom. The summed E-state index contributed by atoms with van der Waals surface area (Å²) in [5.41, 5.74) is 2.99. The summed E-state index contributed by atoms with van der Waals surface area (Å²) in [6.07, 6.45) is 3.76. The van der Waals surface area contributed by atoms with Crippen LogP contribution in [-0.4, -0.2) is 36.2 Å². The van der Waals surface area contributed by atoms with Crippen LogP contribution < -0.4 is 4.74 Å². The number of hydrogen-bond acceptors (Lipinski definition) is 3. The largest absolute Gasteiger partial charge is 0.494 e. The van der Waals surface area contributed by atoms with Crippen LogP contribution >= 0.6 is 0 Å². The molecule has 1 heterocycles. The van der Waals surface area contributed by atoms with Gasteiger partial charge in [0.1, 0.15) is 11.4 Å². The van der Waals surface area contributed by atoms with E-state index in [1.54, 1.807) is 0 Å².